The second-order valence-corrected chi connectivity index (χ2v) is 10.5. The molecule has 1 aromatic carbocycles. The van der Waals surface area contributed by atoms with Gasteiger partial charge in [0, 0.05) is 51.6 Å². The van der Waals surface area contributed by atoms with Crippen LogP contribution in [0.15, 0.2) is 48.9 Å². The molecule has 4 aromatic rings. The number of carbonyl (C=O) groups excluding carboxylic acids is 1. The van der Waals surface area contributed by atoms with Crippen LogP contribution in [0.25, 0.3) is 22.3 Å². The minimum atomic E-state index is -4.48. The second kappa shape index (κ2) is 10.7. The Morgan fingerprint density at radius 1 is 1.07 bits per heavy atom. The summed E-state index contributed by atoms with van der Waals surface area (Å²) >= 11 is 0. The van der Waals surface area contributed by atoms with Crippen molar-refractivity contribution in [1.82, 2.24) is 34.7 Å². The van der Waals surface area contributed by atoms with Gasteiger partial charge >= 0.3 is 6.18 Å². The molecule has 1 amide bonds. The first-order valence-corrected chi connectivity index (χ1v) is 13.3. The van der Waals surface area contributed by atoms with Crippen molar-refractivity contribution >= 4 is 28.7 Å². The fourth-order valence-corrected chi connectivity index (χ4v) is 5.19. The first-order valence-electron chi connectivity index (χ1n) is 13.3. The Bertz CT molecular complexity index is 1560. The Balaban J connectivity index is 1.08. The Labute approximate surface area is 234 Å². The van der Waals surface area contributed by atoms with E-state index in [2.05, 4.69) is 35.1 Å². The molecular weight excluding hydrogens is 537 g/mol. The lowest BCUT2D eigenvalue weighted by atomic mass is 10.0. The summed E-state index contributed by atoms with van der Waals surface area (Å²) in [5.41, 5.74) is 2.94. The summed E-state index contributed by atoms with van der Waals surface area (Å²) in [5.74, 6) is 0.373. The maximum Gasteiger partial charge on any atom is 0.403 e. The lowest BCUT2D eigenvalue weighted by Crippen LogP contribution is -2.52. The number of halogens is 3. The molecule has 0 atom stereocenters. The average molecular weight is 567 g/mol. The van der Waals surface area contributed by atoms with Crippen molar-refractivity contribution < 1.29 is 22.7 Å². The van der Waals surface area contributed by atoms with Crippen molar-refractivity contribution in [3.05, 3.63) is 60.2 Å². The maximum absolute atomic E-state index is 13.4. The summed E-state index contributed by atoms with van der Waals surface area (Å²) in [6, 6.07) is 11.5. The minimum absolute atomic E-state index is 0.105. The summed E-state index contributed by atoms with van der Waals surface area (Å²) < 4.78 is 45.2. The summed E-state index contributed by atoms with van der Waals surface area (Å²) in [6.07, 6.45) is -1.47. The van der Waals surface area contributed by atoms with E-state index in [0.717, 1.165) is 33.5 Å². The zero-order valence-electron chi connectivity index (χ0n) is 22.4. The lowest BCUT2D eigenvalue weighted by Gasteiger charge is -2.37. The highest BCUT2D eigenvalue weighted by Gasteiger charge is 2.69. The number of benzene rings is 1. The summed E-state index contributed by atoms with van der Waals surface area (Å²) in [7, 11) is 1.62. The highest BCUT2D eigenvalue weighted by Crippen LogP contribution is 2.58. The first kappa shape index (κ1) is 27.1. The number of nitrogens with zero attached hydrogens (tertiary/aromatic N) is 6. The van der Waals surface area contributed by atoms with Crippen LogP contribution in [0.1, 0.15) is 24.1 Å². The number of anilines is 2. The van der Waals surface area contributed by atoms with E-state index in [4.69, 9.17) is 4.74 Å². The lowest BCUT2D eigenvalue weighted by molar-refractivity contribution is -0.199. The van der Waals surface area contributed by atoms with Gasteiger partial charge in [0.05, 0.1) is 29.0 Å². The number of methoxy groups -OCH3 is 1. The highest BCUT2D eigenvalue weighted by atomic mass is 19.4. The van der Waals surface area contributed by atoms with Crippen molar-refractivity contribution in [1.29, 1.82) is 0 Å². The van der Waals surface area contributed by atoms with Crippen LogP contribution in [0.5, 0.6) is 0 Å². The zero-order chi connectivity index (χ0) is 28.6. The Morgan fingerprint density at radius 2 is 1.88 bits per heavy atom. The number of rotatable bonds is 8. The quantitative estimate of drug-likeness (QED) is 0.325. The Hall–Kier alpha value is -4.10. The van der Waals surface area contributed by atoms with E-state index < -0.39 is 17.5 Å². The number of hydrogen-bond donors (Lipinski definition) is 2. The van der Waals surface area contributed by atoms with Crippen LogP contribution in [0.2, 0.25) is 0 Å². The number of hydrogen-bond acceptors (Lipinski definition) is 8. The minimum Gasteiger partial charge on any atom is -0.378 e. The van der Waals surface area contributed by atoms with Crippen LogP contribution in [-0.2, 0) is 22.7 Å². The van der Waals surface area contributed by atoms with Crippen molar-refractivity contribution in [3.8, 4) is 11.3 Å². The van der Waals surface area contributed by atoms with Gasteiger partial charge in [-0.25, -0.2) is 19.9 Å². The third-order valence-electron chi connectivity index (χ3n) is 7.63. The van der Waals surface area contributed by atoms with Gasteiger partial charge in [0.2, 0.25) is 11.9 Å². The van der Waals surface area contributed by atoms with Crippen LogP contribution in [0, 0.1) is 5.41 Å². The second-order valence-electron chi connectivity index (χ2n) is 10.5. The molecule has 0 radical (unpaired) electrons. The highest BCUT2D eigenvalue weighted by molar-refractivity contribution is 5.86. The molecule has 1 saturated carbocycles. The van der Waals surface area contributed by atoms with Gasteiger partial charge in [0.15, 0.2) is 0 Å². The summed E-state index contributed by atoms with van der Waals surface area (Å²) in [5, 5.41) is 3.22. The van der Waals surface area contributed by atoms with E-state index in [0.29, 0.717) is 38.0 Å². The Kier molecular flexibility index (Phi) is 7.08. The van der Waals surface area contributed by atoms with Crippen LogP contribution in [0.3, 0.4) is 0 Å². The fraction of sp³-hybridized carbons (Fsp3) is 0.393. The van der Waals surface area contributed by atoms with Crippen molar-refractivity contribution in [2.45, 2.75) is 32.2 Å². The maximum atomic E-state index is 13.4. The van der Waals surface area contributed by atoms with Crippen LogP contribution in [0.4, 0.5) is 24.9 Å². The van der Waals surface area contributed by atoms with Gasteiger partial charge in [-0.2, -0.15) is 13.2 Å². The molecule has 0 unspecified atom stereocenters. The monoisotopic (exact) mass is 566 g/mol. The van der Waals surface area contributed by atoms with Crippen LogP contribution in [-0.4, -0.2) is 80.1 Å². The van der Waals surface area contributed by atoms with Crippen LogP contribution < -0.4 is 5.32 Å². The van der Waals surface area contributed by atoms with Crippen molar-refractivity contribution in [2.24, 2.45) is 5.41 Å². The molecule has 3 aromatic heterocycles. The van der Waals surface area contributed by atoms with E-state index in [9.17, 15) is 18.0 Å². The SMILES string of the molecule is COCc1cc(-c2ccc3nc(Nc4cc(CN5CCN(C(=O)C6(C(F)(F)F)CC6)CC5)ccn4)[nH]c3c2)ncn1. The number of piperazine rings is 1. The zero-order valence-corrected chi connectivity index (χ0v) is 22.4. The third-order valence-corrected chi connectivity index (χ3v) is 7.63. The number of ether oxygens (including phenoxy) is 1. The largest absolute Gasteiger partial charge is 0.403 e. The normalized spacial score (nSPS) is 17.1. The van der Waals surface area contributed by atoms with Gasteiger partial charge < -0.3 is 19.9 Å². The number of fused-ring (bicyclic) bond motifs is 1. The van der Waals surface area contributed by atoms with E-state index in [1.807, 2.05) is 36.4 Å². The molecule has 0 spiro atoms. The number of aromatic amines is 1. The molecular formula is C28H29F3N8O2. The molecule has 13 heteroatoms. The number of alkyl halides is 3. The number of carbonyl (C=O) groups is 1. The standard InChI is InChI=1S/C28H29F3N8O2/c1-41-16-20-14-22(34-17-33-20)19-2-3-21-23(13-19)36-26(35-21)37-24-12-18(4-7-32-24)15-38-8-10-39(11-9-38)25(40)27(5-6-27)28(29,30)31/h2-4,7,12-14,17H,5-6,8-11,15-16H2,1H3,(H2,32,35,36,37). The van der Waals surface area contributed by atoms with Gasteiger partial charge in [-0.05, 0) is 48.7 Å². The molecule has 214 valence electrons. The predicted molar refractivity (Wildman–Crippen MR) is 145 cm³/mol. The molecule has 10 nitrogen and oxygen atoms in total. The molecule has 4 heterocycles. The Morgan fingerprint density at radius 3 is 2.61 bits per heavy atom. The number of H-pyrrole nitrogens is 1. The molecule has 1 aliphatic carbocycles. The molecule has 2 N–H and O–H groups in total. The number of nitrogens with one attached hydrogen (secondary N) is 2. The number of pyridine rings is 1. The van der Waals surface area contributed by atoms with E-state index >= 15 is 0 Å². The van der Waals surface area contributed by atoms with Gasteiger partial charge in [-0.1, -0.05) is 6.07 Å². The summed E-state index contributed by atoms with van der Waals surface area (Å²) in [4.78, 5) is 36.9. The van der Waals surface area contributed by atoms with Crippen LogP contribution >= 0.6 is 0 Å². The third kappa shape index (κ3) is 5.59. The van der Waals surface area contributed by atoms with E-state index in [-0.39, 0.29) is 25.9 Å². The smallest absolute Gasteiger partial charge is 0.378 e. The molecule has 2 fully saturated rings. The topological polar surface area (TPSA) is 112 Å². The van der Waals surface area contributed by atoms with Crippen molar-refractivity contribution in [2.75, 3.05) is 38.6 Å². The van der Waals surface area contributed by atoms with E-state index in [1.54, 1.807) is 13.3 Å². The molecule has 0 bridgehead atoms. The molecule has 2 aliphatic rings. The molecule has 6 rings (SSSR count). The molecule has 1 saturated heterocycles. The van der Waals surface area contributed by atoms with E-state index in [1.165, 1.54) is 11.2 Å². The van der Waals surface area contributed by atoms with Gasteiger partial charge in [0.25, 0.3) is 0 Å². The van der Waals surface area contributed by atoms with Gasteiger partial charge in [0.1, 0.15) is 17.6 Å². The average Bonchev–Trinajstić information content (AvgIpc) is 3.69. The summed E-state index contributed by atoms with van der Waals surface area (Å²) in [6.45, 7) is 2.59. The number of imidazole rings is 1. The van der Waals surface area contributed by atoms with Gasteiger partial charge in [-0.3, -0.25) is 9.69 Å². The predicted octanol–water partition coefficient (Wildman–Crippen LogP) is 4.29. The fourth-order valence-electron chi connectivity index (χ4n) is 5.19. The number of aromatic nitrogens is 5. The van der Waals surface area contributed by atoms with Gasteiger partial charge in [-0.15, -0.1) is 0 Å². The van der Waals surface area contributed by atoms with Crippen molar-refractivity contribution in [3.63, 3.8) is 0 Å². The molecule has 1 aliphatic heterocycles. The molecule has 41 heavy (non-hydrogen) atoms. The number of amides is 1. The first-order chi connectivity index (χ1) is 19.7.